The number of nitrogen functional groups attached to an aromatic ring is 1. The summed E-state index contributed by atoms with van der Waals surface area (Å²) in [5.41, 5.74) is 13.6. The number of nitrogens with zero attached hydrogens (tertiary/aromatic N) is 5. The van der Waals surface area contributed by atoms with Crippen LogP contribution in [-0.4, -0.2) is 54.7 Å². The minimum Gasteiger partial charge on any atom is -0.383 e. The maximum absolute atomic E-state index is 12.2. The van der Waals surface area contributed by atoms with Crippen molar-refractivity contribution in [3.8, 4) is 0 Å². The van der Waals surface area contributed by atoms with Crippen LogP contribution in [0.25, 0.3) is 10.4 Å². The average molecular weight is 536 g/mol. The lowest BCUT2D eigenvalue weighted by atomic mass is 10.2. The maximum Gasteiger partial charge on any atom is 0.490 e. The van der Waals surface area contributed by atoms with Gasteiger partial charge in [0, 0.05) is 23.1 Å². The van der Waals surface area contributed by atoms with Crippen molar-refractivity contribution in [2.75, 3.05) is 19.1 Å². The lowest BCUT2D eigenvalue weighted by Gasteiger charge is -2.21. The Kier molecular flexibility index (Phi) is 8.95. The molecule has 1 aromatic rings. The molecule has 19 nitrogen and oxygen atoms in total. The Balaban J connectivity index is 2.15. The van der Waals surface area contributed by atoms with E-state index in [0.717, 1.165) is 4.57 Å². The van der Waals surface area contributed by atoms with Gasteiger partial charge >= 0.3 is 29.2 Å². The van der Waals surface area contributed by atoms with Crippen molar-refractivity contribution in [2.24, 2.45) is 5.11 Å². The van der Waals surface area contributed by atoms with E-state index < -0.39 is 60.9 Å². The zero-order valence-electron chi connectivity index (χ0n) is 16.5. The van der Waals surface area contributed by atoms with Crippen molar-refractivity contribution >= 4 is 29.3 Å². The van der Waals surface area contributed by atoms with Gasteiger partial charge in [0.2, 0.25) is 0 Å². The number of ether oxygens (including phenoxy) is 2. The van der Waals surface area contributed by atoms with Crippen LogP contribution in [0.1, 0.15) is 18.2 Å². The molecule has 0 aliphatic carbocycles. The van der Waals surface area contributed by atoms with E-state index in [2.05, 4.69) is 28.2 Å². The van der Waals surface area contributed by atoms with Gasteiger partial charge in [-0.3, -0.25) is 9.09 Å². The standard InChI is InChI=1S/C11H19N6O13P3/c1-6-3-17(11(18)15-10(6)12)9-2-7(26-5-14-16-13)8(28-9)4-27-32(22,23)30-33(24,25)29-31(19,20)21/h3,7-9H,2,4-5H2,1H3,(H,22,23)(H,24,25)(H2,12,15,18)(H2,19,20,21)/t7?,8-,9-/m1/s1. The fourth-order valence-corrected chi connectivity index (χ4v) is 5.64. The summed E-state index contributed by atoms with van der Waals surface area (Å²) in [6, 6.07) is 0. The predicted molar refractivity (Wildman–Crippen MR) is 105 cm³/mol. The number of aromatic nitrogens is 2. The van der Waals surface area contributed by atoms with Gasteiger partial charge in [0.1, 0.15) is 24.9 Å². The molecule has 0 spiro atoms. The molecule has 2 heterocycles. The lowest BCUT2D eigenvalue weighted by molar-refractivity contribution is -0.0601. The predicted octanol–water partition coefficient (Wildman–Crippen LogP) is 0.418. The second-order valence-corrected chi connectivity index (χ2v) is 10.7. The van der Waals surface area contributed by atoms with Crippen LogP contribution in [0.15, 0.2) is 16.1 Å². The van der Waals surface area contributed by atoms with E-state index in [0.29, 0.717) is 5.56 Å². The molecule has 33 heavy (non-hydrogen) atoms. The Morgan fingerprint density at radius 2 is 1.97 bits per heavy atom. The highest BCUT2D eigenvalue weighted by Gasteiger charge is 2.43. The van der Waals surface area contributed by atoms with Crippen molar-refractivity contribution in [3.63, 3.8) is 0 Å². The Morgan fingerprint density at radius 1 is 1.30 bits per heavy atom. The number of rotatable bonds is 11. The normalized spacial score (nSPS) is 24.6. The number of phosphoric ester groups is 1. The number of hydrogen-bond donors (Lipinski definition) is 5. The third-order valence-corrected chi connectivity index (χ3v) is 7.69. The summed E-state index contributed by atoms with van der Waals surface area (Å²) in [6.07, 6.45) is -1.90. The number of phosphoric acid groups is 3. The first-order chi connectivity index (χ1) is 15.1. The van der Waals surface area contributed by atoms with Gasteiger partial charge in [-0.25, -0.2) is 18.5 Å². The smallest absolute Gasteiger partial charge is 0.383 e. The van der Waals surface area contributed by atoms with Crippen LogP contribution in [0.5, 0.6) is 0 Å². The Bertz CT molecular complexity index is 1120. The van der Waals surface area contributed by atoms with Crippen LogP contribution < -0.4 is 11.4 Å². The molecular formula is C11H19N6O13P3. The van der Waals surface area contributed by atoms with Crippen molar-refractivity contribution in [1.82, 2.24) is 9.55 Å². The third-order valence-electron chi connectivity index (χ3n) is 3.89. The maximum atomic E-state index is 12.2. The molecule has 6 N–H and O–H groups in total. The van der Waals surface area contributed by atoms with E-state index in [-0.39, 0.29) is 12.2 Å². The van der Waals surface area contributed by atoms with Crippen molar-refractivity contribution in [1.29, 1.82) is 0 Å². The second kappa shape index (κ2) is 10.7. The molecule has 1 aliphatic heterocycles. The molecule has 0 bridgehead atoms. The molecule has 1 saturated heterocycles. The Hall–Kier alpha value is -1.68. The van der Waals surface area contributed by atoms with Crippen LogP contribution in [-0.2, 0) is 36.3 Å². The highest BCUT2D eigenvalue weighted by atomic mass is 31.3. The monoisotopic (exact) mass is 536 g/mol. The summed E-state index contributed by atoms with van der Waals surface area (Å²) in [6.45, 7) is 0.268. The van der Waals surface area contributed by atoms with Crippen LogP contribution >= 0.6 is 23.5 Å². The SMILES string of the molecule is Cc1cn([C@H]2CC(OCN=[N+]=[N-])[C@@H](COP(=O)(O)OP(=O)(O)OP(=O)(O)O)O2)c(=O)nc1N. The van der Waals surface area contributed by atoms with E-state index in [1.165, 1.54) is 6.20 Å². The van der Waals surface area contributed by atoms with Crippen LogP contribution in [0.3, 0.4) is 0 Å². The molecular weight excluding hydrogens is 517 g/mol. The number of nitrogens with two attached hydrogens (primary N) is 1. The van der Waals surface area contributed by atoms with E-state index in [1.807, 2.05) is 0 Å². The van der Waals surface area contributed by atoms with Gasteiger partial charge in [-0.2, -0.15) is 13.6 Å². The fraction of sp³-hybridized carbons (Fsp3) is 0.636. The first-order valence-corrected chi connectivity index (χ1v) is 13.1. The van der Waals surface area contributed by atoms with E-state index in [1.54, 1.807) is 6.92 Å². The van der Waals surface area contributed by atoms with Gasteiger partial charge in [0.25, 0.3) is 0 Å². The summed E-state index contributed by atoms with van der Waals surface area (Å²) < 4.78 is 57.8. The van der Waals surface area contributed by atoms with Gasteiger partial charge in [-0.15, -0.1) is 0 Å². The molecule has 186 valence electrons. The number of azide groups is 1. The van der Waals surface area contributed by atoms with Crippen LogP contribution in [0.2, 0.25) is 0 Å². The fourth-order valence-electron chi connectivity index (χ4n) is 2.61. The molecule has 2 rings (SSSR count). The third kappa shape index (κ3) is 8.55. The molecule has 0 saturated carbocycles. The molecule has 22 heteroatoms. The first-order valence-electron chi connectivity index (χ1n) is 8.54. The lowest BCUT2D eigenvalue weighted by Crippen LogP contribution is -2.29. The molecule has 1 fully saturated rings. The van der Waals surface area contributed by atoms with Gasteiger partial charge in [0.15, 0.2) is 0 Å². The van der Waals surface area contributed by atoms with E-state index >= 15 is 0 Å². The van der Waals surface area contributed by atoms with Crippen LogP contribution in [0.4, 0.5) is 5.82 Å². The Morgan fingerprint density at radius 3 is 2.58 bits per heavy atom. The zero-order valence-corrected chi connectivity index (χ0v) is 19.2. The molecule has 0 aromatic carbocycles. The minimum absolute atomic E-state index is 0.00499. The molecule has 5 atom stereocenters. The minimum atomic E-state index is -5.70. The van der Waals surface area contributed by atoms with Gasteiger partial charge in [-0.05, 0) is 12.5 Å². The van der Waals surface area contributed by atoms with Crippen molar-refractivity contribution in [3.05, 3.63) is 32.7 Å². The summed E-state index contributed by atoms with van der Waals surface area (Å²) >= 11 is 0. The van der Waals surface area contributed by atoms with Gasteiger partial charge < -0.3 is 34.8 Å². The molecule has 1 aromatic heterocycles. The Labute approximate surface area is 184 Å². The van der Waals surface area contributed by atoms with E-state index in [4.69, 9.17) is 30.5 Å². The molecule has 0 radical (unpaired) electrons. The van der Waals surface area contributed by atoms with Crippen LogP contribution in [0, 0.1) is 6.92 Å². The quantitative estimate of drug-likeness (QED) is 0.111. The number of anilines is 1. The molecule has 0 amide bonds. The largest absolute Gasteiger partial charge is 0.490 e. The molecule has 1 aliphatic rings. The number of hydrogen-bond acceptors (Lipinski definition) is 12. The summed E-state index contributed by atoms with van der Waals surface area (Å²) in [4.78, 5) is 54.1. The summed E-state index contributed by atoms with van der Waals surface area (Å²) in [5, 5.41) is 3.18. The highest BCUT2D eigenvalue weighted by molar-refractivity contribution is 7.66. The molecule has 3 unspecified atom stereocenters. The van der Waals surface area contributed by atoms with Gasteiger partial charge in [0.05, 0.1) is 12.7 Å². The summed E-state index contributed by atoms with van der Waals surface area (Å²) in [5.74, 6) is -0.00499. The zero-order chi connectivity index (χ0) is 25.0. The first kappa shape index (κ1) is 27.6. The van der Waals surface area contributed by atoms with Crippen molar-refractivity contribution in [2.45, 2.75) is 31.8 Å². The van der Waals surface area contributed by atoms with Crippen molar-refractivity contribution < 1.29 is 55.9 Å². The average Bonchev–Trinajstić information content (AvgIpc) is 3.03. The van der Waals surface area contributed by atoms with E-state index in [9.17, 15) is 28.3 Å². The van der Waals surface area contributed by atoms with Gasteiger partial charge in [-0.1, -0.05) is 5.11 Å². The number of aryl methyl sites for hydroxylation is 1. The topological polar surface area (TPSA) is 288 Å². The highest BCUT2D eigenvalue weighted by Crippen LogP contribution is 2.66. The second-order valence-electron chi connectivity index (χ2n) is 6.32. The summed E-state index contributed by atoms with van der Waals surface area (Å²) in [7, 11) is -16.7.